The fourth-order valence-electron chi connectivity index (χ4n) is 0.826. The molecule has 0 heterocycles. The lowest BCUT2D eigenvalue weighted by Gasteiger charge is -2.00. The number of carbonyl (C=O) groups excluding carboxylic acids is 1. The molecule has 0 unspecified atom stereocenters. The summed E-state index contributed by atoms with van der Waals surface area (Å²) >= 11 is 0. The normalized spacial score (nSPS) is 9.27. The van der Waals surface area contributed by atoms with E-state index in [-0.39, 0.29) is 0 Å². The number of hydrogen-bond acceptors (Lipinski definition) is 2. The van der Waals surface area contributed by atoms with Crippen LogP contribution in [-0.4, -0.2) is 11.1 Å². The molecule has 0 aliphatic rings. The maximum absolute atomic E-state index is 10.9. The average Bonchev–Trinajstić information content (AvgIpc) is 2.04. The lowest BCUT2D eigenvalue weighted by Crippen LogP contribution is -2.19. The van der Waals surface area contributed by atoms with E-state index in [0.29, 0.717) is 5.56 Å². The van der Waals surface area contributed by atoms with Crippen LogP contribution >= 0.6 is 0 Å². The van der Waals surface area contributed by atoms with Crippen LogP contribution in [0.2, 0.25) is 0 Å². The third-order valence-corrected chi connectivity index (χ3v) is 1.41. The van der Waals surface area contributed by atoms with E-state index in [1.165, 1.54) is 0 Å². The number of nitrogens with one attached hydrogen (secondary N) is 1. The van der Waals surface area contributed by atoms with Crippen LogP contribution in [0.1, 0.15) is 15.9 Å². The lowest BCUT2D eigenvalue weighted by atomic mass is 10.1. The smallest absolute Gasteiger partial charge is 0.274 e. The molecule has 0 aliphatic heterocycles. The van der Waals surface area contributed by atoms with Crippen LogP contribution in [0.4, 0.5) is 0 Å². The van der Waals surface area contributed by atoms with Gasteiger partial charge in [-0.15, -0.1) is 0 Å². The van der Waals surface area contributed by atoms with Crippen molar-refractivity contribution in [1.82, 2.24) is 5.48 Å². The third-order valence-electron chi connectivity index (χ3n) is 1.41. The summed E-state index contributed by atoms with van der Waals surface area (Å²) in [5.41, 5.74) is 2.72. The standard InChI is InChI=1S/C8H8NO2/c1-6-4-2-3-5-7(6)8(10)9-11/h2-3,5,11H,1H3,(H,9,10). The molecule has 0 aromatic heterocycles. The Labute approximate surface area is 64.6 Å². The molecule has 1 aromatic rings. The summed E-state index contributed by atoms with van der Waals surface area (Å²) in [5.74, 6) is -0.501. The van der Waals surface area contributed by atoms with Crippen molar-refractivity contribution < 1.29 is 10.0 Å². The third kappa shape index (κ3) is 1.56. The Morgan fingerprint density at radius 1 is 1.73 bits per heavy atom. The van der Waals surface area contributed by atoms with Gasteiger partial charge < -0.3 is 0 Å². The molecular formula is C8H8NO2. The minimum absolute atomic E-state index is 0.440. The molecule has 0 spiro atoms. The summed E-state index contributed by atoms with van der Waals surface area (Å²) in [6.07, 6.45) is 0. The number of rotatable bonds is 1. The zero-order valence-corrected chi connectivity index (χ0v) is 6.09. The Morgan fingerprint density at radius 3 is 3.00 bits per heavy atom. The fourth-order valence-corrected chi connectivity index (χ4v) is 0.826. The van der Waals surface area contributed by atoms with Crippen molar-refractivity contribution in [2.45, 2.75) is 6.92 Å². The van der Waals surface area contributed by atoms with Crippen LogP contribution in [0.3, 0.4) is 0 Å². The highest BCUT2D eigenvalue weighted by atomic mass is 16.5. The van der Waals surface area contributed by atoms with Crippen LogP contribution < -0.4 is 5.48 Å². The van der Waals surface area contributed by atoms with Gasteiger partial charge in [-0.25, -0.2) is 5.48 Å². The minimum Gasteiger partial charge on any atom is -0.288 e. The van der Waals surface area contributed by atoms with Crippen LogP contribution in [0.5, 0.6) is 0 Å². The summed E-state index contributed by atoms with van der Waals surface area (Å²) in [4.78, 5) is 10.9. The summed E-state index contributed by atoms with van der Waals surface area (Å²) in [6, 6.07) is 7.87. The summed E-state index contributed by atoms with van der Waals surface area (Å²) in [7, 11) is 0. The predicted octanol–water partition coefficient (Wildman–Crippen LogP) is 0.914. The second kappa shape index (κ2) is 3.16. The molecule has 0 bridgehead atoms. The van der Waals surface area contributed by atoms with Gasteiger partial charge in [-0.2, -0.15) is 0 Å². The van der Waals surface area contributed by atoms with Gasteiger partial charge in [0.25, 0.3) is 5.91 Å². The van der Waals surface area contributed by atoms with E-state index >= 15 is 0 Å². The first-order chi connectivity index (χ1) is 5.25. The molecular weight excluding hydrogens is 142 g/mol. The molecule has 57 valence electrons. The van der Waals surface area contributed by atoms with Crippen molar-refractivity contribution in [3.63, 3.8) is 0 Å². The second-order valence-electron chi connectivity index (χ2n) is 2.15. The molecule has 1 radical (unpaired) electrons. The number of benzene rings is 1. The van der Waals surface area contributed by atoms with Gasteiger partial charge in [0.1, 0.15) is 0 Å². The van der Waals surface area contributed by atoms with E-state index in [4.69, 9.17) is 5.21 Å². The Hall–Kier alpha value is -1.35. The van der Waals surface area contributed by atoms with Gasteiger partial charge in [-0.3, -0.25) is 10.0 Å². The Kier molecular flexibility index (Phi) is 2.23. The minimum atomic E-state index is -0.501. The van der Waals surface area contributed by atoms with Crippen molar-refractivity contribution in [3.05, 3.63) is 35.4 Å². The maximum Gasteiger partial charge on any atom is 0.274 e. The number of hydroxylamine groups is 1. The number of hydrogen-bond donors (Lipinski definition) is 2. The monoisotopic (exact) mass is 150 g/mol. The highest BCUT2D eigenvalue weighted by Crippen LogP contribution is 2.04. The molecule has 1 amide bonds. The van der Waals surface area contributed by atoms with Crippen LogP contribution in [0.15, 0.2) is 18.2 Å². The summed E-state index contributed by atoms with van der Waals surface area (Å²) in [5, 5.41) is 8.30. The van der Waals surface area contributed by atoms with Gasteiger partial charge in [-0.05, 0) is 24.6 Å². The molecule has 0 saturated carbocycles. The molecule has 3 heteroatoms. The summed E-state index contributed by atoms with van der Waals surface area (Å²) in [6.45, 7) is 1.75. The van der Waals surface area contributed by atoms with Gasteiger partial charge in [0.05, 0.1) is 0 Å². The second-order valence-corrected chi connectivity index (χ2v) is 2.15. The predicted molar refractivity (Wildman–Crippen MR) is 39.3 cm³/mol. The first-order valence-corrected chi connectivity index (χ1v) is 3.17. The van der Waals surface area contributed by atoms with E-state index in [1.807, 2.05) is 0 Å². The van der Waals surface area contributed by atoms with Gasteiger partial charge in [-0.1, -0.05) is 12.1 Å². The summed E-state index contributed by atoms with van der Waals surface area (Å²) < 4.78 is 0. The molecule has 2 N–H and O–H groups in total. The number of amides is 1. The maximum atomic E-state index is 10.9. The molecule has 1 aromatic carbocycles. The fraction of sp³-hybridized carbons (Fsp3) is 0.125. The van der Waals surface area contributed by atoms with Crippen LogP contribution in [0, 0.1) is 13.0 Å². The zero-order valence-electron chi connectivity index (χ0n) is 6.09. The highest BCUT2D eigenvalue weighted by molar-refractivity contribution is 5.94. The molecule has 0 atom stereocenters. The van der Waals surface area contributed by atoms with Crippen molar-refractivity contribution in [3.8, 4) is 0 Å². The van der Waals surface area contributed by atoms with Crippen molar-refractivity contribution in [2.75, 3.05) is 0 Å². The van der Waals surface area contributed by atoms with Crippen LogP contribution in [0.25, 0.3) is 0 Å². The number of carbonyl (C=O) groups is 1. The van der Waals surface area contributed by atoms with Gasteiger partial charge >= 0.3 is 0 Å². The number of aryl methyl sites for hydroxylation is 1. The van der Waals surface area contributed by atoms with Gasteiger partial charge in [0.15, 0.2) is 0 Å². The Balaban J connectivity index is 3.03. The molecule has 0 fully saturated rings. The average molecular weight is 150 g/mol. The van der Waals surface area contributed by atoms with E-state index in [0.717, 1.165) is 5.56 Å². The first kappa shape index (κ1) is 7.75. The van der Waals surface area contributed by atoms with Crippen molar-refractivity contribution in [1.29, 1.82) is 0 Å². The van der Waals surface area contributed by atoms with E-state index in [9.17, 15) is 4.79 Å². The van der Waals surface area contributed by atoms with Gasteiger partial charge in [0.2, 0.25) is 0 Å². The molecule has 1 rings (SSSR count). The zero-order chi connectivity index (χ0) is 8.27. The molecule has 11 heavy (non-hydrogen) atoms. The van der Waals surface area contributed by atoms with Crippen molar-refractivity contribution >= 4 is 5.91 Å². The quantitative estimate of drug-likeness (QED) is 0.462. The first-order valence-electron chi connectivity index (χ1n) is 3.17. The largest absolute Gasteiger partial charge is 0.288 e. The Bertz CT molecular complexity index is 271. The SMILES string of the molecule is Cc1[c]cccc1C(=O)NO. The van der Waals surface area contributed by atoms with Crippen molar-refractivity contribution in [2.24, 2.45) is 0 Å². The van der Waals surface area contributed by atoms with Crippen LogP contribution in [-0.2, 0) is 0 Å². The van der Waals surface area contributed by atoms with E-state index < -0.39 is 5.91 Å². The van der Waals surface area contributed by atoms with E-state index in [2.05, 4.69) is 6.07 Å². The Morgan fingerprint density at radius 2 is 2.45 bits per heavy atom. The highest BCUT2D eigenvalue weighted by Gasteiger charge is 2.04. The molecule has 0 saturated heterocycles. The molecule has 0 aliphatic carbocycles. The topological polar surface area (TPSA) is 49.3 Å². The van der Waals surface area contributed by atoms with E-state index in [1.54, 1.807) is 30.6 Å². The molecule has 3 nitrogen and oxygen atoms in total. The van der Waals surface area contributed by atoms with Gasteiger partial charge in [0, 0.05) is 5.56 Å². The lowest BCUT2D eigenvalue weighted by molar-refractivity contribution is 0.0705.